The molecule has 0 saturated carbocycles. The third-order valence-corrected chi connectivity index (χ3v) is 4.38. The lowest BCUT2D eigenvalue weighted by Gasteiger charge is -2.11. The summed E-state index contributed by atoms with van der Waals surface area (Å²) in [5.74, 6) is 0.674. The topological polar surface area (TPSA) is 52.7 Å². The van der Waals surface area contributed by atoms with Gasteiger partial charge in [-0.25, -0.2) is 4.98 Å². The summed E-state index contributed by atoms with van der Waals surface area (Å²) in [5.41, 5.74) is 1.68. The molecule has 0 radical (unpaired) electrons. The summed E-state index contributed by atoms with van der Waals surface area (Å²) >= 11 is 8.38. The molecule has 0 aliphatic carbocycles. The Labute approximate surface area is 136 Å². The molecule has 2 heterocycles. The first kappa shape index (κ1) is 15.5. The van der Waals surface area contributed by atoms with Gasteiger partial charge in [-0.1, -0.05) is 18.5 Å². The minimum atomic E-state index is -0.0453. The largest absolute Gasteiger partial charge is 0.290 e. The number of rotatable bonds is 4. The van der Waals surface area contributed by atoms with Gasteiger partial charge in [-0.2, -0.15) is 5.10 Å². The van der Waals surface area contributed by atoms with Crippen LogP contribution in [0.3, 0.4) is 0 Å². The smallest absolute Gasteiger partial charge is 0.267 e. The number of nitrogens with zero attached hydrogens (tertiary/aromatic N) is 4. The lowest BCUT2D eigenvalue weighted by atomic mass is 10.3. The molecule has 0 bridgehead atoms. The Morgan fingerprint density at radius 2 is 2.10 bits per heavy atom. The zero-order valence-corrected chi connectivity index (χ0v) is 14.6. The highest BCUT2D eigenvalue weighted by atomic mass is 127. The molecule has 20 heavy (non-hydrogen) atoms. The molecule has 108 valence electrons. The standard InChI is InChI=1S/C13H16ClIN4O/c1-4-10-12(14)11(19(5-2)17-10)7-18-8(3)16-6-9(15)13(18)20/h6H,4-5,7H2,1-3H3. The Balaban J connectivity index is 2.53. The van der Waals surface area contributed by atoms with Gasteiger partial charge in [0.1, 0.15) is 5.82 Å². The highest BCUT2D eigenvalue weighted by molar-refractivity contribution is 14.1. The van der Waals surface area contributed by atoms with Crippen LogP contribution in [-0.2, 0) is 19.5 Å². The van der Waals surface area contributed by atoms with E-state index in [2.05, 4.69) is 10.1 Å². The SMILES string of the molecule is CCc1nn(CC)c(Cn2c(C)ncc(I)c2=O)c1Cl. The van der Waals surface area contributed by atoms with Crippen LogP contribution >= 0.6 is 34.2 Å². The molecule has 0 spiro atoms. The molecular weight excluding hydrogens is 391 g/mol. The molecule has 0 unspecified atom stereocenters. The number of hydrogen-bond acceptors (Lipinski definition) is 3. The Kier molecular flexibility index (Phi) is 4.85. The maximum Gasteiger partial charge on any atom is 0.267 e. The van der Waals surface area contributed by atoms with Gasteiger partial charge in [0.05, 0.1) is 26.5 Å². The van der Waals surface area contributed by atoms with Crippen LogP contribution in [0, 0.1) is 10.5 Å². The fraction of sp³-hybridized carbons (Fsp3) is 0.462. The Morgan fingerprint density at radius 3 is 2.70 bits per heavy atom. The van der Waals surface area contributed by atoms with Crippen LogP contribution in [0.4, 0.5) is 0 Å². The van der Waals surface area contributed by atoms with E-state index in [0.29, 0.717) is 21.0 Å². The second-order valence-corrected chi connectivity index (χ2v) is 5.96. The average Bonchev–Trinajstić information content (AvgIpc) is 2.75. The van der Waals surface area contributed by atoms with Gasteiger partial charge in [0, 0.05) is 12.7 Å². The van der Waals surface area contributed by atoms with Crippen molar-refractivity contribution in [1.82, 2.24) is 19.3 Å². The summed E-state index contributed by atoms with van der Waals surface area (Å²) in [7, 11) is 0. The van der Waals surface area contributed by atoms with Crippen molar-refractivity contribution in [3.05, 3.63) is 42.4 Å². The van der Waals surface area contributed by atoms with Crippen LogP contribution in [0.25, 0.3) is 0 Å². The third kappa shape index (κ3) is 2.76. The van der Waals surface area contributed by atoms with Crippen LogP contribution in [0.5, 0.6) is 0 Å². The van der Waals surface area contributed by atoms with Gasteiger partial charge in [-0.05, 0) is 42.9 Å². The van der Waals surface area contributed by atoms with Crippen molar-refractivity contribution in [3.63, 3.8) is 0 Å². The van der Waals surface area contributed by atoms with Crippen molar-refractivity contribution in [2.75, 3.05) is 0 Å². The Morgan fingerprint density at radius 1 is 1.40 bits per heavy atom. The van der Waals surface area contributed by atoms with Crippen molar-refractivity contribution in [3.8, 4) is 0 Å². The van der Waals surface area contributed by atoms with E-state index in [1.165, 1.54) is 0 Å². The van der Waals surface area contributed by atoms with Gasteiger partial charge in [0.15, 0.2) is 0 Å². The molecule has 2 aromatic rings. The molecule has 0 aromatic carbocycles. The van der Waals surface area contributed by atoms with Gasteiger partial charge >= 0.3 is 0 Å². The molecule has 2 aromatic heterocycles. The van der Waals surface area contributed by atoms with Crippen molar-refractivity contribution in [2.45, 2.75) is 40.3 Å². The van der Waals surface area contributed by atoms with E-state index in [1.54, 1.807) is 10.8 Å². The highest BCUT2D eigenvalue weighted by Gasteiger charge is 2.16. The molecule has 0 aliphatic rings. The van der Waals surface area contributed by atoms with Crippen molar-refractivity contribution in [2.24, 2.45) is 0 Å². The molecular formula is C13H16ClIN4O. The minimum absolute atomic E-state index is 0.0453. The van der Waals surface area contributed by atoms with E-state index >= 15 is 0 Å². The quantitative estimate of drug-likeness (QED) is 0.734. The van der Waals surface area contributed by atoms with Gasteiger partial charge in [-0.3, -0.25) is 14.0 Å². The summed E-state index contributed by atoms with van der Waals surface area (Å²) < 4.78 is 4.09. The first-order chi connectivity index (χ1) is 9.49. The second kappa shape index (κ2) is 6.26. The molecule has 0 N–H and O–H groups in total. The molecule has 0 saturated heterocycles. The highest BCUT2D eigenvalue weighted by Crippen LogP contribution is 2.22. The van der Waals surface area contributed by atoms with Gasteiger partial charge < -0.3 is 0 Å². The normalized spacial score (nSPS) is 11.1. The summed E-state index contributed by atoms with van der Waals surface area (Å²) in [5, 5.41) is 5.12. The zero-order valence-electron chi connectivity index (χ0n) is 11.7. The van der Waals surface area contributed by atoms with E-state index < -0.39 is 0 Å². The van der Waals surface area contributed by atoms with Gasteiger partial charge in [0.25, 0.3) is 5.56 Å². The summed E-state index contributed by atoms with van der Waals surface area (Å²) in [4.78, 5) is 16.5. The summed E-state index contributed by atoms with van der Waals surface area (Å²) in [6, 6.07) is 0. The molecule has 0 aliphatic heterocycles. The average molecular weight is 407 g/mol. The molecule has 0 fully saturated rings. The van der Waals surface area contributed by atoms with Crippen LogP contribution in [0.1, 0.15) is 31.1 Å². The summed E-state index contributed by atoms with van der Waals surface area (Å²) in [6.07, 6.45) is 2.36. The number of aryl methyl sites for hydroxylation is 3. The predicted octanol–water partition coefficient (Wildman–Crippen LogP) is 2.64. The van der Waals surface area contributed by atoms with E-state index in [9.17, 15) is 4.79 Å². The second-order valence-electron chi connectivity index (χ2n) is 4.42. The fourth-order valence-electron chi connectivity index (χ4n) is 2.06. The monoisotopic (exact) mass is 406 g/mol. The van der Waals surface area contributed by atoms with E-state index in [0.717, 1.165) is 24.4 Å². The fourth-order valence-corrected chi connectivity index (χ4v) is 2.81. The number of halogens is 2. The van der Waals surface area contributed by atoms with Crippen LogP contribution in [0.2, 0.25) is 5.02 Å². The first-order valence-electron chi connectivity index (χ1n) is 6.45. The number of aromatic nitrogens is 4. The molecule has 5 nitrogen and oxygen atoms in total. The molecule has 0 atom stereocenters. The number of hydrogen-bond donors (Lipinski definition) is 0. The predicted molar refractivity (Wildman–Crippen MR) is 87.3 cm³/mol. The van der Waals surface area contributed by atoms with E-state index in [1.807, 2.05) is 48.0 Å². The van der Waals surface area contributed by atoms with Crippen molar-refractivity contribution < 1.29 is 0 Å². The maximum absolute atomic E-state index is 12.2. The zero-order chi connectivity index (χ0) is 14.9. The van der Waals surface area contributed by atoms with E-state index in [-0.39, 0.29) is 5.56 Å². The molecule has 7 heteroatoms. The lowest BCUT2D eigenvalue weighted by Crippen LogP contribution is -2.27. The van der Waals surface area contributed by atoms with Gasteiger partial charge in [-0.15, -0.1) is 0 Å². The Hall–Kier alpha value is -0.890. The first-order valence-corrected chi connectivity index (χ1v) is 7.91. The third-order valence-electron chi connectivity index (χ3n) is 3.21. The van der Waals surface area contributed by atoms with Crippen molar-refractivity contribution in [1.29, 1.82) is 0 Å². The molecule has 2 rings (SSSR count). The lowest BCUT2D eigenvalue weighted by molar-refractivity contribution is 0.578. The van der Waals surface area contributed by atoms with Crippen LogP contribution < -0.4 is 5.56 Å². The van der Waals surface area contributed by atoms with E-state index in [4.69, 9.17) is 11.6 Å². The van der Waals surface area contributed by atoms with Crippen LogP contribution in [0.15, 0.2) is 11.0 Å². The van der Waals surface area contributed by atoms with Gasteiger partial charge in [0.2, 0.25) is 0 Å². The Bertz CT molecular complexity index is 692. The maximum atomic E-state index is 12.2. The van der Waals surface area contributed by atoms with Crippen LogP contribution in [-0.4, -0.2) is 19.3 Å². The molecule has 0 amide bonds. The minimum Gasteiger partial charge on any atom is -0.290 e. The summed E-state index contributed by atoms with van der Waals surface area (Å²) in [6.45, 7) is 6.96. The van der Waals surface area contributed by atoms with Crippen molar-refractivity contribution >= 4 is 34.2 Å².